The minimum absolute atomic E-state index is 0.166. The van der Waals surface area contributed by atoms with Crippen LogP contribution in [0.3, 0.4) is 0 Å². The Morgan fingerprint density at radius 2 is 2.12 bits per heavy atom. The first-order valence-electron chi connectivity index (χ1n) is 8.33. The highest BCUT2D eigenvalue weighted by atomic mass is 35.5. The molecule has 1 saturated heterocycles. The monoisotopic (exact) mass is 391 g/mol. The van der Waals surface area contributed by atoms with Gasteiger partial charge in [-0.25, -0.2) is 4.68 Å². The summed E-state index contributed by atoms with van der Waals surface area (Å²) in [6.07, 6.45) is 5.37. The third-order valence-corrected chi connectivity index (χ3v) is 5.17. The molecule has 0 bridgehead atoms. The van der Waals surface area contributed by atoms with Crippen LogP contribution in [0.2, 0.25) is 10.0 Å². The molecule has 1 aliphatic rings. The second-order valence-electron chi connectivity index (χ2n) is 6.18. The van der Waals surface area contributed by atoms with E-state index in [1.54, 1.807) is 23.0 Å². The van der Waals surface area contributed by atoms with E-state index in [1.807, 2.05) is 12.3 Å². The van der Waals surface area contributed by atoms with Crippen LogP contribution in [0.25, 0.3) is 5.69 Å². The van der Waals surface area contributed by atoms with Crippen LogP contribution in [0.15, 0.2) is 29.6 Å². The Morgan fingerprint density at radius 1 is 1.35 bits per heavy atom. The van der Waals surface area contributed by atoms with Crippen molar-refractivity contribution in [3.63, 3.8) is 0 Å². The summed E-state index contributed by atoms with van der Waals surface area (Å²) in [4.78, 5) is 7.13. The Balaban J connectivity index is 1.84. The first kappa shape index (κ1) is 18.7. The van der Waals surface area contributed by atoms with Crippen molar-refractivity contribution in [1.82, 2.24) is 14.7 Å². The number of oxime groups is 1. The lowest BCUT2D eigenvalue weighted by Gasteiger charge is -2.28. The Labute approximate surface area is 162 Å². The molecule has 1 aromatic carbocycles. The maximum Gasteiger partial charge on any atom is 0.112 e. The van der Waals surface area contributed by atoms with E-state index in [0.29, 0.717) is 10.0 Å². The van der Waals surface area contributed by atoms with E-state index in [-0.39, 0.29) is 5.92 Å². The Hall–Kier alpha value is -2.07. The van der Waals surface area contributed by atoms with Crippen LogP contribution in [-0.2, 0) is 11.4 Å². The molecule has 0 saturated carbocycles. The molecule has 2 aromatic rings. The molecule has 1 aliphatic heterocycles. The zero-order valence-corrected chi connectivity index (χ0v) is 15.9. The molecule has 2 heterocycles. The van der Waals surface area contributed by atoms with Crippen molar-refractivity contribution in [3.8, 4) is 11.8 Å². The average Bonchev–Trinajstić information content (AvgIpc) is 3.05. The van der Waals surface area contributed by atoms with Gasteiger partial charge in [-0.3, -0.25) is 4.90 Å². The van der Waals surface area contributed by atoms with Crippen LogP contribution in [0.4, 0.5) is 0 Å². The van der Waals surface area contributed by atoms with Gasteiger partial charge < -0.3 is 4.84 Å². The molecule has 0 atom stereocenters. The predicted molar refractivity (Wildman–Crippen MR) is 102 cm³/mol. The number of rotatable bonds is 5. The number of halogens is 2. The van der Waals surface area contributed by atoms with Gasteiger partial charge in [0.2, 0.25) is 0 Å². The van der Waals surface area contributed by atoms with Crippen molar-refractivity contribution in [2.75, 3.05) is 20.2 Å². The number of nitrogens with zero attached hydrogens (tertiary/aromatic N) is 5. The van der Waals surface area contributed by atoms with E-state index in [9.17, 15) is 0 Å². The predicted octanol–water partition coefficient (Wildman–Crippen LogP) is 3.89. The maximum atomic E-state index is 9.05. The van der Waals surface area contributed by atoms with Gasteiger partial charge in [0.15, 0.2) is 0 Å². The van der Waals surface area contributed by atoms with Gasteiger partial charge in [0, 0.05) is 24.2 Å². The Morgan fingerprint density at radius 3 is 2.77 bits per heavy atom. The van der Waals surface area contributed by atoms with Gasteiger partial charge in [0.1, 0.15) is 12.8 Å². The second kappa shape index (κ2) is 8.54. The van der Waals surface area contributed by atoms with Crippen molar-refractivity contribution >= 4 is 29.4 Å². The highest BCUT2D eigenvalue weighted by Gasteiger charge is 2.20. The summed E-state index contributed by atoms with van der Waals surface area (Å²) in [7, 11) is 1.50. The lowest BCUT2D eigenvalue weighted by molar-refractivity contribution is 0.198. The molecule has 0 unspecified atom stereocenters. The number of benzene rings is 1. The van der Waals surface area contributed by atoms with E-state index < -0.39 is 0 Å². The summed E-state index contributed by atoms with van der Waals surface area (Å²) in [5.74, 6) is 0.166. The molecule has 0 aliphatic carbocycles. The maximum absolute atomic E-state index is 9.05. The Bertz CT molecular complexity index is 835. The standard InChI is InChI=1S/C18H19Cl2N5O/c1-26-22-10-18-14(11-24-6-4-13(9-21)5-7-24)12-25(23-18)15-2-3-16(19)17(20)8-15/h2-3,8,10,12-13H,4-7,11H2,1H3/b22-10-. The minimum atomic E-state index is 0.166. The molecule has 136 valence electrons. The normalized spacial score (nSPS) is 16.1. The third-order valence-electron chi connectivity index (χ3n) is 4.43. The molecule has 3 rings (SSSR count). The summed E-state index contributed by atoms with van der Waals surface area (Å²) in [6, 6.07) is 7.74. The van der Waals surface area contributed by atoms with Gasteiger partial charge in [0.05, 0.1) is 28.0 Å². The van der Waals surface area contributed by atoms with E-state index in [4.69, 9.17) is 33.3 Å². The molecule has 0 spiro atoms. The number of hydrogen-bond donors (Lipinski definition) is 0. The fraction of sp³-hybridized carbons (Fsp3) is 0.389. The van der Waals surface area contributed by atoms with Crippen LogP contribution < -0.4 is 0 Å². The van der Waals surface area contributed by atoms with Gasteiger partial charge in [0.25, 0.3) is 0 Å². The van der Waals surface area contributed by atoms with Crippen LogP contribution in [0, 0.1) is 17.2 Å². The van der Waals surface area contributed by atoms with E-state index in [1.165, 1.54) is 7.11 Å². The summed E-state index contributed by atoms with van der Waals surface area (Å²) >= 11 is 12.1. The number of nitriles is 1. The van der Waals surface area contributed by atoms with Crippen LogP contribution in [0.5, 0.6) is 0 Å². The summed E-state index contributed by atoms with van der Waals surface area (Å²) < 4.78 is 1.76. The molecule has 1 fully saturated rings. The molecule has 8 heteroatoms. The molecular weight excluding hydrogens is 373 g/mol. The quantitative estimate of drug-likeness (QED) is 0.572. The number of hydrogen-bond acceptors (Lipinski definition) is 5. The SMILES string of the molecule is CO/N=C\c1nn(-c2ccc(Cl)c(Cl)c2)cc1CN1CCC(C#N)CC1. The molecule has 6 nitrogen and oxygen atoms in total. The topological polar surface area (TPSA) is 66.4 Å². The lowest BCUT2D eigenvalue weighted by atomic mass is 9.98. The average molecular weight is 392 g/mol. The van der Waals surface area contributed by atoms with Crippen molar-refractivity contribution < 1.29 is 4.84 Å². The van der Waals surface area contributed by atoms with Crippen molar-refractivity contribution in [3.05, 3.63) is 45.7 Å². The van der Waals surface area contributed by atoms with Crippen LogP contribution in [0.1, 0.15) is 24.1 Å². The number of aromatic nitrogens is 2. The summed E-state index contributed by atoms with van der Waals surface area (Å²) in [5.41, 5.74) is 2.59. The first-order chi connectivity index (χ1) is 12.6. The van der Waals surface area contributed by atoms with Gasteiger partial charge in [-0.15, -0.1) is 0 Å². The zero-order valence-electron chi connectivity index (χ0n) is 14.4. The van der Waals surface area contributed by atoms with Gasteiger partial charge in [-0.2, -0.15) is 10.4 Å². The molecule has 1 aromatic heterocycles. The van der Waals surface area contributed by atoms with Crippen LogP contribution in [-0.4, -0.2) is 41.1 Å². The highest BCUT2D eigenvalue weighted by molar-refractivity contribution is 6.42. The Kier molecular flexibility index (Phi) is 6.15. The molecule has 0 amide bonds. The summed E-state index contributed by atoms with van der Waals surface area (Å²) in [5, 5.41) is 18.5. The van der Waals surface area contributed by atoms with Crippen molar-refractivity contribution in [2.45, 2.75) is 19.4 Å². The largest absolute Gasteiger partial charge is 0.399 e. The minimum Gasteiger partial charge on any atom is -0.399 e. The zero-order chi connectivity index (χ0) is 18.5. The fourth-order valence-electron chi connectivity index (χ4n) is 2.98. The van der Waals surface area contributed by atoms with Crippen LogP contribution >= 0.6 is 23.2 Å². The van der Waals surface area contributed by atoms with Crippen molar-refractivity contribution in [2.24, 2.45) is 11.1 Å². The molecule has 0 radical (unpaired) electrons. The smallest absolute Gasteiger partial charge is 0.112 e. The molecule has 26 heavy (non-hydrogen) atoms. The third kappa shape index (κ3) is 4.36. The van der Waals surface area contributed by atoms with E-state index >= 15 is 0 Å². The van der Waals surface area contributed by atoms with Crippen molar-refractivity contribution in [1.29, 1.82) is 5.26 Å². The lowest BCUT2D eigenvalue weighted by Crippen LogP contribution is -2.32. The molecule has 0 N–H and O–H groups in total. The van der Waals surface area contributed by atoms with Gasteiger partial charge in [-0.1, -0.05) is 28.4 Å². The highest BCUT2D eigenvalue weighted by Crippen LogP contribution is 2.25. The molecular formula is C18H19Cl2N5O. The van der Waals surface area contributed by atoms with E-state index in [0.717, 1.165) is 49.4 Å². The second-order valence-corrected chi connectivity index (χ2v) is 6.99. The van der Waals surface area contributed by atoms with Gasteiger partial charge in [-0.05, 0) is 44.1 Å². The first-order valence-corrected chi connectivity index (χ1v) is 9.08. The number of likely N-dealkylation sites (tertiary alicyclic amines) is 1. The number of piperidine rings is 1. The fourth-order valence-corrected chi connectivity index (χ4v) is 3.27. The summed E-state index contributed by atoms with van der Waals surface area (Å²) in [6.45, 7) is 2.54. The van der Waals surface area contributed by atoms with E-state index in [2.05, 4.69) is 21.2 Å². The van der Waals surface area contributed by atoms with Gasteiger partial charge >= 0.3 is 0 Å².